The molecule has 0 saturated heterocycles. The Hall–Kier alpha value is -3.16. The second kappa shape index (κ2) is 9.56. The molecule has 0 bridgehead atoms. The number of hydrazone groups is 1. The molecule has 0 saturated carbocycles. The van der Waals surface area contributed by atoms with Gasteiger partial charge in [-0.05, 0) is 47.5 Å². The van der Waals surface area contributed by atoms with Crippen molar-refractivity contribution in [3.8, 4) is 0 Å². The van der Waals surface area contributed by atoms with E-state index in [4.69, 9.17) is 11.6 Å². The lowest BCUT2D eigenvalue weighted by Crippen LogP contribution is -2.29. The molecule has 0 fully saturated rings. The van der Waals surface area contributed by atoms with Crippen LogP contribution in [-0.4, -0.2) is 26.8 Å². The minimum absolute atomic E-state index is 0.164. The second-order valence-corrected chi connectivity index (χ2v) is 8.90. The van der Waals surface area contributed by atoms with E-state index in [-0.39, 0.29) is 12.5 Å². The largest absolute Gasteiger partial charge is 0.271 e. The molecule has 1 N–H and O–H groups in total. The third-order valence-corrected chi connectivity index (χ3v) is 5.59. The third kappa shape index (κ3) is 5.92. The second-order valence-electron chi connectivity index (χ2n) is 6.56. The van der Waals surface area contributed by atoms with Crippen molar-refractivity contribution in [1.29, 1.82) is 0 Å². The fourth-order valence-corrected chi connectivity index (χ4v) is 3.83. The first kappa shape index (κ1) is 21.5. The molecule has 3 aromatic carbocycles. The number of anilines is 1. The zero-order valence-corrected chi connectivity index (χ0v) is 17.8. The Labute approximate surface area is 180 Å². The van der Waals surface area contributed by atoms with Crippen LogP contribution in [0.2, 0.25) is 5.02 Å². The number of rotatable bonds is 7. The molecule has 6 nitrogen and oxygen atoms in total. The van der Waals surface area contributed by atoms with E-state index < -0.39 is 10.0 Å². The van der Waals surface area contributed by atoms with E-state index in [0.29, 0.717) is 16.3 Å². The minimum Gasteiger partial charge on any atom is -0.267 e. The SMILES string of the molecule is CS(=O)(=O)N(Cc1ccc(C(=O)NN=Cc2cccc(Cl)c2)cc1)c1ccccc1. The number of amides is 1. The van der Waals surface area contributed by atoms with Crippen molar-refractivity contribution in [1.82, 2.24) is 5.43 Å². The molecule has 0 aliphatic rings. The maximum Gasteiger partial charge on any atom is 0.271 e. The number of nitrogens with one attached hydrogen (secondary N) is 1. The van der Waals surface area contributed by atoms with Gasteiger partial charge < -0.3 is 0 Å². The van der Waals surface area contributed by atoms with E-state index in [0.717, 1.165) is 11.1 Å². The van der Waals surface area contributed by atoms with Crippen molar-refractivity contribution in [2.45, 2.75) is 6.54 Å². The lowest BCUT2D eigenvalue weighted by Gasteiger charge is -2.22. The molecule has 0 radical (unpaired) electrons. The monoisotopic (exact) mass is 441 g/mol. The first-order valence-electron chi connectivity index (χ1n) is 9.03. The molecule has 0 aliphatic heterocycles. The van der Waals surface area contributed by atoms with Crippen LogP contribution in [0.25, 0.3) is 0 Å². The highest BCUT2D eigenvalue weighted by molar-refractivity contribution is 7.92. The maximum atomic E-state index is 12.3. The van der Waals surface area contributed by atoms with Crippen LogP contribution in [0.15, 0.2) is 84.0 Å². The number of hydrogen-bond acceptors (Lipinski definition) is 4. The summed E-state index contributed by atoms with van der Waals surface area (Å²) in [6, 6.07) is 22.6. The Morgan fingerprint density at radius 1 is 1.03 bits per heavy atom. The molecule has 0 aliphatic carbocycles. The molecular weight excluding hydrogens is 422 g/mol. The van der Waals surface area contributed by atoms with Crippen LogP contribution in [0, 0.1) is 0 Å². The smallest absolute Gasteiger partial charge is 0.267 e. The van der Waals surface area contributed by atoms with Gasteiger partial charge in [-0.25, -0.2) is 13.8 Å². The first-order chi connectivity index (χ1) is 14.3. The van der Waals surface area contributed by atoms with Crippen LogP contribution < -0.4 is 9.73 Å². The van der Waals surface area contributed by atoms with E-state index in [1.54, 1.807) is 66.7 Å². The molecule has 3 rings (SSSR count). The summed E-state index contributed by atoms with van der Waals surface area (Å²) in [6.45, 7) is 0.164. The number of para-hydroxylation sites is 1. The fourth-order valence-electron chi connectivity index (χ4n) is 2.74. The van der Waals surface area contributed by atoms with Crippen molar-refractivity contribution >= 4 is 39.4 Å². The lowest BCUT2D eigenvalue weighted by atomic mass is 10.1. The number of sulfonamides is 1. The molecule has 154 valence electrons. The summed E-state index contributed by atoms with van der Waals surface area (Å²) >= 11 is 5.91. The van der Waals surface area contributed by atoms with E-state index in [1.807, 2.05) is 12.1 Å². The number of hydrogen-bond donors (Lipinski definition) is 1. The Balaban J connectivity index is 1.67. The van der Waals surface area contributed by atoms with Crippen LogP contribution >= 0.6 is 11.6 Å². The van der Waals surface area contributed by atoms with E-state index >= 15 is 0 Å². The Bertz CT molecular complexity index is 1150. The summed E-state index contributed by atoms with van der Waals surface area (Å²) in [5, 5.41) is 4.51. The van der Waals surface area contributed by atoms with Gasteiger partial charge in [-0.15, -0.1) is 0 Å². The highest BCUT2D eigenvalue weighted by Crippen LogP contribution is 2.20. The van der Waals surface area contributed by atoms with Gasteiger partial charge in [-0.2, -0.15) is 5.10 Å². The maximum absolute atomic E-state index is 12.3. The van der Waals surface area contributed by atoms with Crippen LogP contribution in [-0.2, 0) is 16.6 Å². The van der Waals surface area contributed by atoms with Gasteiger partial charge in [-0.3, -0.25) is 9.10 Å². The van der Waals surface area contributed by atoms with Crippen LogP contribution in [0.1, 0.15) is 21.5 Å². The van der Waals surface area contributed by atoms with Gasteiger partial charge in [0.15, 0.2) is 0 Å². The zero-order valence-electron chi connectivity index (χ0n) is 16.2. The van der Waals surface area contributed by atoms with Crippen LogP contribution in [0.3, 0.4) is 0 Å². The zero-order chi connectivity index (χ0) is 21.6. The summed E-state index contributed by atoms with van der Waals surface area (Å²) in [7, 11) is -3.46. The van der Waals surface area contributed by atoms with E-state index in [9.17, 15) is 13.2 Å². The summed E-state index contributed by atoms with van der Waals surface area (Å²) in [6.07, 6.45) is 2.67. The highest BCUT2D eigenvalue weighted by atomic mass is 35.5. The van der Waals surface area contributed by atoms with E-state index in [2.05, 4.69) is 10.5 Å². The Kier molecular flexibility index (Phi) is 6.87. The molecule has 1 amide bonds. The van der Waals surface area contributed by atoms with Gasteiger partial charge in [0.25, 0.3) is 5.91 Å². The number of nitrogens with zero attached hydrogens (tertiary/aromatic N) is 2. The average molecular weight is 442 g/mol. The molecule has 0 unspecified atom stereocenters. The molecule has 0 heterocycles. The molecule has 0 atom stereocenters. The minimum atomic E-state index is -3.46. The fraction of sp³-hybridized carbons (Fsp3) is 0.0909. The topological polar surface area (TPSA) is 78.8 Å². The average Bonchev–Trinajstić information content (AvgIpc) is 2.72. The Morgan fingerprint density at radius 2 is 1.73 bits per heavy atom. The van der Waals surface area contributed by atoms with Gasteiger partial charge in [0.05, 0.1) is 24.7 Å². The summed E-state index contributed by atoms with van der Waals surface area (Å²) in [5.41, 5.74) is 4.97. The quantitative estimate of drug-likeness (QED) is 0.443. The Morgan fingerprint density at radius 3 is 2.37 bits per heavy atom. The molecule has 0 aromatic heterocycles. The van der Waals surface area contributed by atoms with Gasteiger partial charge in [0.2, 0.25) is 10.0 Å². The van der Waals surface area contributed by atoms with Gasteiger partial charge >= 0.3 is 0 Å². The third-order valence-electron chi connectivity index (χ3n) is 4.22. The van der Waals surface area contributed by atoms with E-state index in [1.165, 1.54) is 16.8 Å². The highest BCUT2D eigenvalue weighted by Gasteiger charge is 2.17. The van der Waals surface area contributed by atoms with Crippen molar-refractivity contribution in [2.24, 2.45) is 5.10 Å². The van der Waals surface area contributed by atoms with Crippen molar-refractivity contribution in [2.75, 3.05) is 10.6 Å². The predicted octanol–water partition coefficient (Wildman–Crippen LogP) is 4.07. The summed E-state index contributed by atoms with van der Waals surface area (Å²) in [5.74, 6) is -0.372. The molecule has 3 aromatic rings. The normalized spacial score (nSPS) is 11.4. The van der Waals surface area contributed by atoms with Crippen LogP contribution in [0.5, 0.6) is 0 Å². The molecule has 0 spiro atoms. The molecule has 8 heteroatoms. The molecule has 30 heavy (non-hydrogen) atoms. The first-order valence-corrected chi connectivity index (χ1v) is 11.3. The van der Waals surface area contributed by atoms with Gasteiger partial charge in [-0.1, -0.05) is 54.1 Å². The number of halogens is 1. The van der Waals surface area contributed by atoms with Crippen molar-refractivity contribution in [3.05, 3.63) is 101 Å². The lowest BCUT2D eigenvalue weighted by molar-refractivity contribution is 0.0955. The summed E-state index contributed by atoms with van der Waals surface area (Å²) in [4.78, 5) is 12.3. The standard InChI is InChI=1S/C22H20ClN3O3S/c1-30(28,29)26(21-8-3-2-4-9-21)16-17-10-12-19(13-11-17)22(27)25-24-15-18-6-5-7-20(23)14-18/h2-15H,16H2,1H3,(H,25,27). The number of carbonyl (C=O) groups is 1. The number of benzene rings is 3. The molecular formula is C22H20ClN3O3S. The van der Waals surface area contributed by atoms with Crippen molar-refractivity contribution < 1.29 is 13.2 Å². The van der Waals surface area contributed by atoms with Gasteiger partial charge in [0, 0.05) is 10.6 Å². The number of carbonyl (C=O) groups excluding carboxylic acids is 1. The van der Waals surface area contributed by atoms with Crippen LogP contribution in [0.4, 0.5) is 5.69 Å². The van der Waals surface area contributed by atoms with Gasteiger partial charge in [0.1, 0.15) is 0 Å². The van der Waals surface area contributed by atoms with Crippen molar-refractivity contribution in [3.63, 3.8) is 0 Å². The predicted molar refractivity (Wildman–Crippen MR) is 120 cm³/mol. The summed E-state index contributed by atoms with van der Waals surface area (Å²) < 4.78 is 25.7.